The molecule has 1 saturated carbocycles. The molecule has 0 aromatic heterocycles. The van der Waals surface area contributed by atoms with Crippen LogP contribution in [-0.2, 0) is 4.79 Å². The van der Waals surface area contributed by atoms with Crippen molar-refractivity contribution in [1.82, 2.24) is 0 Å². The van der Waals surface area contributed by atoms with Crippen LogP contribution < -0.4 is 11.1 Å². The van der Waals surface area contributed by atoms with Gasteiger partial charge in [0.1, 0.15) is 0 Å². The smallest absolute Gasteiger partial charge is 0.230 e. The highest BCUT2D eigenvalue weighted by atomic mass is 16.2. The summed E-state index contributed by atoms with van der Waals surface area (Å²) in [4.78, 5) is 11.7. The third-order valence-electron chi connectivity index (χ3n) is 2.76. The van der Waals surface area contributed by atoms with Gasteiger partial charge < -0.3 is 11.1 Å². The minimum atomic E-state index is -0.151. The number of nitrogens with one attached hydrogen (secondary N) is 1. The molecule has 3 heteroatoms. The Morgan fingerprint density at radius 1 is 1.43 bits per heavy atom. The quantitative estimate of drug-likeness (QED) is 0.701. The molecule has 3 nitrogen and oxygen atoms in total. The number of amides is 1. The first-order chi connectivity index (χ1) is 6.62. The lowest BCUT2D eigenvalue weighted by Crippen LogP contribution is -2.21. The van der Waals surface area contributed by atoms with Crippen LogP contribution in [-0.4, -0.2) is 5.91 Å². The van der Waals surface area contributed by atoms with E-state index in [0.717, 1.165) is 12.8 Å². The first-order valence-corrected chi connectivity index (χ1v) is 4.78. The Morgan fingerprint density at radius 2 is 2.07 bits per heavy atom. The van der Waals surface area contributed by atoms with Gasteiger partial charge in [-0.05, 0) is 25.0 Å². The number of hydrogen-bond donors (Lipinski definition) is 2. The second-order valence-electron chi connectivity index (χ2n) is 4.10. The molecular formula is C11H14N2O. The van der Waals surface area contributed by atoms with Crippen LogP contribution in [0.5, 0.6) is 0 Å². The van der Waals surface area contributed by atoms with E-state index in [1.807, 2.05) is 25.1 Å². The predicted molar refractivity (Wildman–Crippen MR) is 56.8 cm³/mol. The van der Waals surface area contributed by atoms with Crippen LogP contribution in [0.1, 0.15) is 19.8 Å². The highest BCUT2D eigenvalue weighted by Gasteiger charge is 2.44. The summed E-state index contributed by atoms with van der Waals surface area (Å²) < 4.78 is 0. The van der Waals surface area contributed by atoms with Gasteiger partial charge in [-0.3, -0.25) is 4.79 Å². The van der Waals surface area contributed by atoms with Gasteiger partial charge in [0, 0.05) is 5.41 Å². The number of nitrogen functional groups attached to an aromatic ring is 1. The summed E-state index contributed by atoms with van der Waals surface area (Å²) in [6.07, 6.45) is 1.96. The van der Waals surface area contributed by atoms with Crippen LogP contribution in [0, 0.1) is 5.41 Å². The molecule has 2 rings (SSSR count). The average molecular weight is 190 g/mol. The number of carbonyl (C=O) groups is 1. The SMILES string of the molecule is CC1(C(=O)Nc2ccccc2N)CC1. The lowest BCUT2D eigenvalue weighted by Gasteiger charge is -2.11. The zero-order valence-electron chi connectivity index (χ0n) is 8.21. The normalized spacial score (nSPS) is 17.5. The summed E-state index contributed by atoms with van der Waals surface area (Å²) in [7, 11) is 0. The monoisotopic (exact) mass is 190 g/mol. The van der Waals surface area contributed by atoms with Gasteiger partial charge in [-0.15, -0.1) is 0 Å². The van der Waals surface area contributed by atoms with E-state index in [9.17, 15) is 4.79 Å². The molecule has 0 saturated heterocycles. The Labute approximate surface area is 83.3 Å². The van der Waals surface area contributed by atoms with E-state index in [1.54, 1.807) is 6.07 Å². The molecule has 0 atom stereocenters. The average Bonchev–Trinajstić information content (AvgIpc) is 2.89. The van der Waals surface area contributed by atoms with Crippen molar-refractivity contribution in [2.75, 3.05) is 11.1 Å². The molecule has 0 heterocycles. The number of hydrogen-bond acceptors (Lipinski definition) is 2. The van der Waals surface area contributed by atoms with Crippen LogP contribution >= 0.6 is 0 Å². The fourth-order valence-electron chi connectivity index (χ4n) is 1.30. The Bertz CT molecular complexity index is 369. The van der Waals surface area contributed by atoms with E-state index in [4.69, 9.17) is 5.73 Å². The zero-order chi connectivity index (χ0) is 10.2. The third-order valence-corrected chi connectivity index (χ3v) is 2.76. The van der Waals surface area contributed by atoms with Crippen molar-refractivity contribution in [2.45, 2.75) is 19.8 Å². The van der Waals surface area contributed by atoms with Gasteiger partial charge in [-0.1, -0.05) is 19.1 Å². The first-order valence-electron chi connectivity index (χ1n) is 4.78. The Kier molecular flexibility index (Phi) is 1.95. The van der Waals surface area contributed by atoms with Gasteiger partial charge >= 0.3 is 0 Å². The van der Waals surface area contributed by atoms with Crippen LogP contribution in [0.15, 0.2) is 24.3 Å². The lowest BCUT2D eigenvalue weighted by molar-refractivity contribution is -0.120. The molecule has 1 aliphatic carbocycles. The number of rotatable bonds is 2. The number of benzene rings is 1. The van der Waals surface area contributed by atoms with Gasteiger partial charge in [0.05, 0.1) is 11.4 Å². The Morgan fingerprint density at radius 3 is 2.64 bits per heavy atom. The molecule has 0 spiro atoms. The Balaban J connectivity index is 2.11. The molecule has 0 aliphatic heterocycles. The largest absolute Gasteiger partial charge is 0.397 e. The molecule has 1 fully saturated rings. The van der Waals surface area contributed by atoms with E-state index in [-0.39, 0.29) is 11.3 Å². The van der Waals surface area contributed by atoms with E-state index in [1.165, 1.54) is 0 Å². The number of carbonyl (C=O) groups excluding carboxylic acids is 1. The summed E-state index contributed by atoms with van der Waals surface area (Å²) in [5.41, 5.74) is 6.90. The van der Waals surface area contributed by atoms with E-state index < -0.39 is 0 Å². The summed E-state index contributed by atoms with van der Waals surface area (Å²) in [5.74, 6) is 0.0791. The highest BCUT2D eigenvalue weighted by Crippen LogP contribution is 2.45. The highest BCUT2D eigenvalue weighted by molar-refractivity contribution is 5.98. The van der Waals surface area contributed by atoms with Gasteiger partial charge in [0.25, 0.3) is 0 Å². The third kappa shape index (κ3) is 1.58. The van der Waals surface area contributed by atoms with Gasteiger partial charge in [0.15, 0.2) is 0 Å². The minimum absolute atomic E-state index is 0.0791. The number of anilines is 2. The van der Waals surface area contributed by atoms with Crippen molar-refractivity contribution in [3.63, 3.8) is 0 Å². The molecule has 0 unspecified atom stereocenters. The fourth-order valence-corrected chi connectivity index (χ4v) is 1.30. The van der Waals surface area contributed by atoms with Crippen molar-refractivity contribution in [3.8, 4) is 0 Å². The molecule has 14 heavy (non-hydrogen) atoms. The summed E-state index contributed by atoms with van der Waals surface area (Å²) in [6.45, 7) is 1.97. The Hall–Kier alpha value is -1.51. The van der Waals surface area contributed by atoms with Crippen LogP contribution in [0.25, 0.3) is 0 Å². The molecular weight excluding hydrogens is 176 g/mol. The molecule has 3 N–H and O–H groups in total. The maximum atomic E-state index is 11.7. The first kappa shape index (κ1) is 9.06. The van der Waals surface area contributed by atoms with Crippen LogP contribution in [0.2, 0.25) is 0 Å². The van der Waals surface area contributed by atoms with E-state index in [0.29, 0.717) is 11.4 Å². The minimum Gasteiger partial charge on any atom is -0.397 e. The van der Waals surface area contributed by atoms with Crippen molar-refractivity contribution in [3.05, 3.63) is 24.3 Å². The second-order valence-corrected chi connectivity index (χ2v) is 4.10. The molecule has 0 radical (unpaired) electrons. The van der Waals surface area contributed by atoms with E-state index >= 15 is 0 Å². The summed E-state index contributed by atoms with van der Waals surface area (Å²) >= 11 is 0. The molecule has 1 aliphatic rings. The van der Waals surface area contributed by atoms with E-state index in [2.05, 4.69) is 5.32 Å². The maximum absolute atomic E-state index is 11.7. The van der Waals surface area contributed by atoms with Gasteiger partial charge in [0.2, 0.25) is 5.91 Å². The summed E-state index contributed by atoms with van der Waals surface area (Å²) in [5, 5.41) is 2.85. The van der Waals surface area contributed by atoms with Crippen molar-refractivity contribution < 1.29 is 4.79 Å². The standard InChI is InChI=1S/C11H14N2O/c1-11(6-7-11)10(14)13-9-5-3-2-4-8(9)12/h2-5H,6-7,12H2,1H3,(H,13,14). The lowest BCUT2D eigenvalue weighted by atomic mass is 10.1. The number of para-hydroxylation sites is 2. The zero-order valence-corrected chi connectivity index (χ0v) is 8.21. The van der Waals surface area contributed by atoms with Gasteiger partial charge in [-0.2, -0.15) is 0 Å². The van der Waals surface area contributed by atoms with Crippen molar-refractivity contribution in [2.24, 2.45) is 5.41 Å². The topological polar surface area (TPSA) is 55.1 Å². The summed E-state index contributed by atoms with van der Waals surface area (Å²) in [6, 6.07) is 7.31. The molecule has 1 amide bonds. The molecule has 1 aromatic carbocycles. The number of nitrogens with two attached hydrogens (primary N) is 1. The van der Waals surface area contributed by atoms with Crippen molar-refractivity contribution in [1.29, 1.82) is 0 Å². The van der Waals surface area contributed by atoms with Crippen molar-refractivity contribution >= 4 is 17.3 Å². The molecule has 74 valence electrons. The van der Waals surface area contributed by atoms with Crippen LogP contribution in [0.4, 0.5) is 11.4 Å². The second kappa shape index (κ2) is 3.01. The van der Waals surface area contributed by atoms with Gasteiger partial charge in [-0.25, -0.2) is 0 Å². The predicted octanol–water partition coefficient (Wildman–Crippen LogP) is 2.01. The fraction of sp³-hybridized carbons (Fsp3) is 0.364. The van der Waals surface area contributed by atoms with Crippen LogP contribution in [0.3, 0.4) is 0 Å². The maximum Gasteiger partial charge on any atom is 0.230 e. The molecule has 1 aromatic rings. The molecule has 0 bridgehead atoms.